The van der Waals surface area contributed by atoms with Crippen LogP contribution in [-0.2, 0) is 12.3 Å². The summed E-state index contributed by atoms with van der Waals surface area (Å²) in [6.45, 7) is 2.30. The smallest absolute Gasteiger partial charge is 0.287 e. The van der Waals surface area contributed by atoms with E-state index in [1.54, 1.807) is 17.8 Å². The van der Waals surface area contributed by atoms with E-state index in [2.05, 4.69) is 14.9 Å². The van der Waals surface area contributed by atoms with Crippen molar-refractivity contribution in [3.8, 4) is 0 Å². The van der Waals surface area contributed by atoms with Crippen LogP contribution < -0.4 is 5.32 Å². The van der Waals surface area contributed by atoms with Crippen molar-refractivity contribution in [3.05, 3.63) is 34.2 Å². The molecule has 7 heteroatoms. The van der Waals surface area contributed by atoms with E-state index in [0.29, 0.717) is 12.3 Å². The topological polar surface area (TPSA) is 68.0 Å². The number of nitrogens with one attached hydrogen (secondary N) is 1. The van der Waals surface area contributed by atoms with E-state index in [-0.39, 0.29) is 5.91 Å². The van der Waals surface area contributed by atoms with Crippen LogP contribution in [0.15, 0.2) is 16.5 Å². The van der Waals surface area contributed by atoms with Crippen molar-refractivity contribution in [2.45, 2.75) is 19.2 Å². The molecule has 2 aromatic rings. The van der Waals surface area contributed by atoms with Crippen LogP contribution in [0.3, 0.4) is 0 Å². The second-order valence-corrected chi connectivity index (χ2v) is 5.37. The molecule has 0 aliphatic carbocycles. The molecule has 0 fully saturated rings. The number of amides is 1. The zero-order valence-electron chi connectivity index (χ0n) is 10.1. The molecule has 0 saturated heterocycles. The van der Waals surface area contributed by atoms with Crippen molar-refractivity contribution in [1.82, 2.24) is 14.9 Å². The maximum Gasteiger partial charge on any atom is 0.287 e. The van der Waals surface area contributed by atoms with E-state index in [9.17, 15) is 4.79 Å². The Morgan fingerprint density at radius 1 is 1.56 bits per heavy atom. The third-order valence-electron chi connectivity index (χ3n) is 2.33. The quantitative estimate of drug-likeness (QED) is 0.911. The summed E-state index contributed by atoms with van der Waals surface area (Å²) < 4.78 is 9.24. The molecule has 0 aromatic carbocycles. The van der Waals surface area contributed by atoms with Crippen molar-refractivity contribution in [1.29, 1.82) is 0 Å². The second kappa shape index (κ2) is 6.01. The Hall–Kier alpha value is -1.34. The summed E-state index contributed by atoms with van der Waals surface area (Å²) in [6.07, 6.45) is 1.99. The van der Waals surface area contributed by atoms with Gasteiger partial charge in [0.25, 0.3) is 5.91 Å². The fourth-order valence-corrected chi connectivity index (χ4v) is 2.39. The van der Waals surface area contributed by atoms with Gasteiger partial charge in [-0.25, -0.2) is 0 Å². The SMILES string of the molecule is CSCc1ccc(C(=O)NCc2snnc2C)o1. The van der Waals surface area contributed by atoms with Gasteiger partial charge in [0.05, 0.1) is 22.9 Å². The number of hydrogen-bond acceptors (Lipinski definition) is 6. The normalized spacial score (nSPS) is 10.6. The summed E-state index contributed by atoms with van der Waals surface area (Å²) in [5, 5.41) is 6.68. The van der Waals surface area contributed by atoms with Crippen LogP contribution in [0.2, 0.25) is 0 Å². The van der Waals surface area contributed by atoms with Crippen LogP contribution in [0.5, 0.6) is 0 Å². The molecule has 0 unspecified atom stereocenters. The maximum atomic E-state index is 11.8. The van der Waals surface area contributed by atoms with Crippen molar-refractivity contribution < 1.29 is 9.21 Å². The lowest BCUT2D eigenvalue weighted by molar-refractivity contribution is 0.0922. The number of nitrogens with zero attached hydrogens (tertiary/aromatic N) is 2. The molecule has 0 radical (unpaired) electrons. The van der Waals surface area contributed by atoms with E-state index < -0.39 is 0 Å². The predicted octanol–water partition coefficient (Wildman–Crippen LogP) is 2.23. The van der Waals surface area contributed by atoms with Gasteiger partial charge >= 0.3 is 0 Å². The molecule has 2 rings (SSSR count). The van der Waals surface area contributed by atoms with Crippen LogP contribution in [-0.4, -0.2) is 21.7 Å². The van der Waals surface area contributed by atoms with Crippen molar-refractivity contribution in [3.63, 3.8) is 0 Å². The third kappa shape index (κ3) is 3.11. The first-order chi connectivity index (χ1) is 8.70. The average Bonchev–Trinajstić information content (AvgIpc) is 2.96. The van der Waals surface area contributed by atoms with Gasteiger partial charge in [-0.3, -0.25) is 4.79 Å². The fraction of sp³-hybridized carbons (Fsp3) is 0.364. The Balaban J connectivity index is 1.93. The number of rotatable bonds is 5. The predicted molar refractivity (Wildman–Crippen MR) is 71.7 cm³/mol. The molecular formula is C11H13N3O2S2. The lowest BCUT2D eigenvalue weighted by Crippen LogP contribution is -2.22. The minimum Gasteiger partial charge on any atom is -0.455 e. The summed E-state index contributed by atoms with van der Waals surface area (Å²) in [6, 6.07) is 3.52. The highest BCUT2D eigenvalue weighted by molar-refractivity contribution is 7.97. The zero-order chi connectivity index (χ0) is 13.0. The molecule has 1 amide bonds. The van der Waals surface area contributed by atoms with E-state index >= 15 is 0 Å². The number of hydrogen-bond donors (Lipinski definition) is 1. The number of aromatic nitrogens is 2. The highest BCUT2D eigenvalue weighted by atomic mass is 32.2. The molecule has 2 heterocycles. The van der Waals surface area contributed by atoms with Gasteiger partial charge in [-0.1, -0.05) is 4.49 Å². The van der Waals surface area contributed by atoms with Gasteiger partial charge < -0.3 is 9.73 Å². The number of furan rings is 1. The van der Waals surface area contributed by atoms with Crippen LogP contribution >= 0.6 is 23.3 Å². The molecular weight excluding hydrogens is 270 g/mol. The van der Waals surface area contributed by atoms with E-state index in [0.717, 1.165) is 22.1 Å². The zero-order valence-corrected chi connectivity index (χ0v) is 11.7. The Morgan fingerprint density at radius 3 is 3.06 bits per heavy atom. The Bertz CT molecular complexity index is 536. The van der Waals surface area contributed by atoms with E-state index in [4.69, 9.17) is 4.42 Å². The standard InChI is InChI=1S/C11H13N3O2S2/c1-7-10(18-14-13-7)5-12-11(15)9-4-3-8(16-9)6-17-2/h3-4H,5-6H2,1-2H3,(H,12,15). The highest BCUT2D eigenvalue weighted by Crippen LogP contribution is 2.14. The van der Waals surface area contributed by atoms with Crippen LogP contribution in [0.1, 0.15) is 26.9 Å². The Morgan fingerprint density at radius 2 is 2.39 bits per heavy atom. The van der Waals surface area contributed by atoms with Gasteiger partial charge in [0.1, 0.15) is 5.76 Å². The summed E-state index contributed by atoms with van der Waals surface area (Å²) in [5.74, 6) is 1.71. The minimum atomic E-state index is -0.213. The van der Waals surface area contributed by atoms with Gasteiger partial charge in [0, 0.05) is 0 Å². The molecule has 0 aliphatic rings. The minimum absolute atomic E-state index is 0.213. The van der Waals surface area contributed by atoms with Crippen molar-refractivity contribution in [2.24, 2.45) is 0 Å². The van der Waals surface area contributed by atoms with Gasteiger partial charge in [-0.15, -0.1) is 5.10 Å². The summed E-state index contributed by atoms with van der Waals surface area (Å²) in [4.78, 5) is 12.8. The summed E-state index contributed by atoms with van der Waals surface area (Å²) in [7, 11) is 0. The monoisotopic (exact) mass is 283 g/mol. The van der Waals surface area contributed by atoms with Gasteiger partial charge in [0.2, 0.25) is 0 Å². The lowest BCUT2D eigenvalue weighted by Gasteiger charge is -2.00. The van der Waals surface area contributed by atoms with Gasteiger partial charge in [-0.2, -0.15) is 11.8 Å². The first kappa shape index (κ1) is 13.1. The average molecular weight is 283 g/mol. The number of thioether (sulfide) groups is 1. The second-order valence-electron chi connectivity index (χ2n) is 3.66. The molecule has 1 N–H and O–H groups in total. The van der Waals surface area contributed by atoms with Crippen LogP contribution in [0, 0.1) is 6.92 Å². The molecule has 5 nitrogen and oxygen atoms in total. The van der Waals surface area contributed by atoms with Crippen LogP contribution in [0.25, 0.3) is 0 Å². The van der Waals surface area contributed by atoms with Gasteiger partial charge in [-0.05, 0) is 36.8 Å². The maximum absolute atomic E-state index is 11.8. The number of aryl methyl sites for hydroxylation is 1. The summed E-state index contributed by atoms with van der Waals surface area (Å²) in [5.41, 5.74) is 0.850. The van der Waals surface area contributed by atoms with Crippen molar-refractivity contribution in [2.75, 3.05) is 6.26 Å². The fourth-order valence-electron chi connectivity index (χ4n) is 1.38. The first-order valence-electron chi connectivity index (χ1n) is 5.34. The lowest BCUT2D eigenvalue weighted by atomic mass is 10.3. The summed E-state index contributed by atoms with van der Waals surface area (Å²) >= 11 is 2.94. The highest BCUT2D eigenvalue weighted by Gasteiger charge is 2.12. The van der Waals surface area contributed by atoms with Gasteiger partial charge in [0.15, 0.2) is 5.76 Å². The molecule has 18 heavy (non-hydrogen) atoms. The number of carbonyl (C=O) groups excluding carboxylic acids is 1. The molecule has 0 saturated carbocycles. The molecule has 0 spiro atoms. The largest absolute Gasteiger partial charge is 0.455 e. The molecule has 2 aromatic heterocycles. The van der Waals surface area contributed by atoms with E-state index in [1.165, 1.54) is 11.5 Å². The van der Waals surface area contributed by atoms with Crippen LogP contribution in [0.4, 0.5) is 0 Å². The molecule has 0 aliphatic heterocycles. The number of carbonyl (C=O) groups is 1. The first-order valence-corrected chi connectivity index (χ1v) is 7.51. The molecule has 0 bridgehead atoms. The molecule has 0 atom stereocenters. The van der Waals surface area contributed by atoms with Crippen molar-refractivity contribution >= 4 is 29.2 Å². The molecule has 96 valence electrons. The van der Waals surface area contributed by atoms with E-state index in [1.807, 2.05) is 19.2 Å². The third-order valence-corrected chi connectivity index (χ3v) is 3.72. The Kier molecular flexibility index (Phi) is 4.38. The Labute approximate surface area is 113 Å².